The Kier molecular flexibility index (Phi) is 20.2. The minimum absolute atomic E-state index is 0.0184. The van der Waals surface area contributed by atoms with Crippen molar-refractivity contribution in [2.75, 3.05) is 77.9 Å². The second kappa shape index (κ2) is 25.2. The van der Waals surface area contributed by atoms with Crippen LogP contribution in [-0.2, 0) is 32.7 Å². The molecule has 1 atom stereocenters. The maximum absolute atomic E-state index is 15.6. The number of amides is 3. The van der Waals surface area contributed by atoms with Gasteiger partial charge in [-0.2, -0.15) is 5.10 Å². The smallest absolute Gasteiger partial charge is 0.359 e. The van der Waals surface area contributed by atoms with Gasteiger partial charge in [0.25, 0.3) is 11.8 Å². The third-order valence-electron chi connectivity index (χ3n) is 11.8. The van der Waals surface area contributed by atoms with Gasteiger partial charge in [0, 0.05) is 87.2 Å². The van der Waals surface area contributed by atoms with Crippen LogP contribution >= 0.6 is 11.6 Å². The number of benzene rings is 2. The molecule has 360 valence electrons. The van der Waals surface area contributed by atoms with Crippen LogP contribution in [0.15, 0.2) is 42.7 Å². The van der Waals surface area contributed by atoms with E-state index >= 15 is 8.78 Å². The fraction of sp³-hybridized carbons (Fsp3) is 0.489. The van der Waals surface area contributed by atoms with Crippen LogP contribution in [0.2, 0.25) is 5.02 Å². The summed E-state index contributed by atoms with van der Waals surface area (Å²) in [5.41, 5.74) is 13.2. The van der Waals surface area contributed by atoms with E-state index in [1.807, 2.05) is 6.92 Å². The first-order chi connectivity index (χ1) is 31.6. The van der Waals surface area contributed by atoms with Gasteiger partial charge in [0.05, 0.1) is 61.5 Å². The summed E-state index contributed by atoms with van der Waals surface area (Å²) in [6, 6.07) is 7.08. The first-order valence-electron chi connectivity index (χ1n) is 21.8. The molecule has 0 bridgehead atoms. The third-order valence-corrected chi connectivity index (χ3v) is 12.1. The van der Waals surface area contributed by atoms with Crippen molar-refractivity contribution < 1.29 is 52.2 Å². The number of carbonyl (C=O) groups excluding carboxylic acids is 4. The molecule has 3 amide bonds. The monoisotopic (exact) mass is 942 g/mol. The number of ether oxygens (including phenoxy) is 1. The summed E-state index contributed by atoms with van der Waals surface area (Å²) in [7, 11) is 3.08. The number of imidazole rings is 1. The number of unbranched alkanes of at least 4 members (excludes halogenated alkanes) is 2. The molecule has 2 aromatic heterocycles. The van der Waals surface area contributed by atoms with E-state index in [-0.39, 0.29) is 76.3 Å². The van der Waals surface area contributed by atoms with E-state index in [1.54, 1.807) is 28.5 Å². The quantitative estimate of drug-likeness (QED) is 0.0504. The molecule has 0 radical (unpaired) electrons. The van der Waals surface area contributed by atoms with Gasteiger partial charge in [-0.1, -0.05) is 17.7 Å². The van der Waals surface area contributed by atoms with Gasteiger partial charge in [-0.3, -0.25) is 19.1 Å². The van der Waals surface area contributed by atoms with Crippen LogP contribution < -0.4 is 21.9 Å². The molecule has 1 fully saturated rings. The lowest BCUT2D eigenvalue weighted by Crippen LogP contribution is -2.56. The van der Waals surface area contributed by atoms with E-state index in [1.165, 1.54) is 54.3 Å². The number of carboxylic acids is 1. The summed E-state index contributed by atoms with van der Waals surface area (Å²) in [6.45, 7) is 7.88. The van der Waals surface area contributed by atoms with E-state index in [9.17, 15) is 24.3 Å². The highest BCUT2D eigenvalue weighted by Crippen LogP contribution is 2.33. The largest absolute Gasteiger partial charge is 0.554 e. The highest BCUT2D eigenvalue weighted by Gasteiger charge is 2.33. The summed E-state index contributed by atoms with van der Waals surface area (Å²) in [5, 5.41) is 25.1. The molecule has 2 aromatic carbocycles. The minimum atomic E-state index is -1.10. The molecule has 1 unspecified atom stereocenters. The molecule has 0 spiro atoms. The fourth-order valence-electron chi connectivity index (χ4n) is 8.30. The Bertz CT molecular complexity index is 2300. The number of hydrogen-bond acceptors (Lipinski definition) is 11. The number of nitrogens with two attached hydrogens (primary N) is 2. The van der Waals surface area contributed by atoms with Crippen molar-refractivity contribution in [1.29, 1.82) is 0 Å². The molecule has 0 saturated carbocycles. The molecule has 1 saturated heterocycles. The molecule has 66 heavy (non-hydrogen) atoms. The Morgan fingerprint density at radius 1 is 0.985 bits per heavy atom. The van der Waals surface area contributed by atoms with E-state index in [2.05, 4.69) is 15.4 Å². The average molecular weight is 943 g/mol. The van der Waals surface area contributed by atoms with Crippen molar-refractivity contribution in [2.24, 2.45) is 18.5 Å². The number of carbonyl (C=O) groups is 5. The highest BCUT2D eigenvalue weighted by atomic mass is 35.5. The van der Waals surface area contributed by atoms with Gasteiger partial charge in [0.15, 0.2) is 24.0 Å². The molecule has 0 aliphatic carbocycles. The van der Waals surface area contributed by atoms with Crippen LogP contribution in [0.25, 0.3) is 22.4 Å². The average Bonchev–Trinajstić information content (AvgIpc) is 3.84. The van der Waals surface area contributed by atoms with Crippen molar-refractivity contribution in [3.63, 3.8) is 0 Å². The van der Waals surface area contributed by atoms with Gasteiger partial charge >= 0.3 is 5.97 Å². The number of nitrogens with zero attached hydrogens (tertiary/aromatic N) is 7. The highest BCUT2D eigenvalue weighted by molar-refractivity contribution is 6.34. The number of aromatic nitrogens is 4. The predicted molar refractivity (Wildman–Crippen MR) is 242 cm³/mol. The summed E-state index contributed by atoms with van der Waals surface area (Å²) in [5.74, 6) is -4.13. The first-order valence-corrected chi connectivity index (χ1v) is 22.2. The fourth-order valence-corrected chi connectivity index (χ4v) is 8.56. The van der Waals surface area contributed by atoms with Crippen LogP contribution in [-0.4, -0.2) is 148 Å². The lowest BCUT2D eigenvalue weighted by molar-refractivity contribution is -0.922. The standard InChI is InChI=1S/C44H59ClF2N10O6.CH2O2/c1-29-27-54(38(58)10-9-22-57(28-39(59)60,20-7-5-15-48)21-8-6-16-49)17-18-55(29)44(62)33-12-11-31(24-36(33)45)52-43(61)42-50-26-37(53(42)3)34-14-13-32(40(46)41(34)47)35-25-51-56(30(35)2)19-23-63-4;2-1-3/h11-14,24-26,29H,5-10,15-23,27-28,48-49H2,1-4H3,(H-,52,59,60,61,62);1H,(H,2,3). The van der Waals surface area contributed by atoms with Gasteiger partial charge in [0.1, 0.15) is 0 Å². The number of rotatable bonds is 22. The summed E-state index contributed by atoms with van der Waals surface area (Å²) < 4.78 is 39.6. The Morgan fingerprint density at radius 3 is 2.23 bits per heavy atom. The van der Waals surface area contributed by atoms with E-state index in [4.69, 9.17) is 37.7 Å². The molecular weight excluding hydrogens is 882 g/mol. The van der Waals surface area contributed by atoms with Crippen LogP contribution in [0.1, 0.15) is 72.1 Å². The van der Waals surface area contributed by atoms with Crippen molar-refractivity contribution in [3.8, 4) is 22.4 Å². The summed E-state index contributed by atoms with van der Waals surface area (Å²) in [4.78, 5) is 68.3. The number of carboxylic acid groups (broad SMARTS) is 2. The van der Waals surface area contributed by atoms with E-state index in [0.717, 1.165) is 25.7 Å². The topological polar surface area (TPSA) is 244 Å². The first kappa shape index (κ1) is 52.8. The second-order valence-corrected chi connectivity index (χ2v) is 16.7. The van der Waals surface area contributed by atoms with Crippen LogP contribution in [0, 0.1) is 18.6 Å². The number of aliphatic carboxylic acids is 1. The van der Waals surface area contributed by atoms with Crippen molar-refractivity contribution in [3.05, 3.63) is 76.5 Å². The van der Waals surface area contributed by atoms with Crippen molar-refractivity contribution in [1.82, 2.24) is 29.1 Å². The molecule has 3 heterocycles. The van der Waals surface area contributed by atoms with Crippen molar-refractivity contribution in [2.45, 2.75) is 65.0 Å². The normalized spacial score (nSPS) is 13.9. The maximum Gasteiger partial charge on any atom is 0.359 e. The van der Waals surface area contributed by atoms with Crippen LogP contribution in [0.3, 0.4) is 0 Å². The third kappa shape index (κ3) is 13.4. The number of anilines is 1. The van der Waals surface area contributed by atoms with E-state index in [0.29, 0.717) is 81.1 Å². The number of halogens is 3. The van der Waals surface area contributed by atoms with Crippen molar-refractivity contribution >= 4 is 47.5 Å². The Labute approximate surface area is 388 Å². The number of hydrogen-bond donors (Lipinski definition) is 4. The molecule has 5 rings (SSSR count). The van der Waals surface area contributed by atoms with Crippen LogP contribution in [0.5, 0.6) is 0 Å². The number of nitrogens with one attached hydrogen (secondary N) is 1. The van der Waals surface area contributed by atoms with Gasteiger partial charge in [0.2, 0.25) is 5.91 Å². The Balaban J connectivity index is 0.00000309. The van der Waals surface area contributed by atoms with Crippen LogP contribution in [0.4, 0.5) is 14.5 Å². The zero-order chi connectivity index (χ0) is 48.6. The lowest BCUT2D eigenvalue weighted by Gasteiger charge is -2.40. The van der Waals surface area contributed by atoms with Gasteiger partial charge < -0.3 is 55.4 Å². The number of piperazine rings is 1. The Morgan fingerprint density at radius 2 is 1.62 bits per heavy atom. The molecule has 18 nitrogen and oxygen atoms in total. The number of methoxy groups -OCH3 is 1. The van der Waals surface area contributed by atoms with Gasteiger partial charge in [-0.05, 0) is 76.9 Å². The second-order valence-electron chi connectivity index (χ2n) is 16.3. The zero-order valence-electron chi connectivity index (χ0n) is 37.9. The summed E-state index contributed by atoms with van der Waals surface area (Å²) in [6.07, 6.45) is 6.76. The molecule has 6 N–H and O–H groups in total. The summed E-state index contributed by atoms with van der Waals surface area (Å²) >= 11 is 6.62. The maximum atomic E-state index is 15.6. The zero-order valence-corrected chi connectivity index (χ0v) is 38.7. The van der Waals surface area contributed by atoms with Gasteiger partial charge in [-0.25, -0.2) is 18.6 Å². The molecule has 4 aromatic rings. The lowest BCUT2D eigenvalue weighted by atomic mass is 10.0. The molecular formula is C45H61ClF2N10O8. The molecule has 1 aliphatic rings. The minimum Gasteiger partial charge on any atom is -0.554 e. The molecule has 21 heteroatoms. The molecule has 1 aliphatic heterocycles. The van der Waals surface area contributed by atoms with Gasteiger partial charge in [-0.15, -0.1) is 0 Å². The number of quaternary nitrogens is 1. The predicted octanol–water partition coefficient (Wildman–Crippen LogP) is 3.29. The van der Waals surface area contributed by atoms with E-state index < -0.39 is 30.0 Å². The Hall–Kier alpha value is -5.80. The SMILES string of the molecule is COCCn1ncc(-c2ccc(-c3cnc(C(=O)Nc4ccc(C(=O)N5CCN(C(=O)CCC[N+](CCCCN)(CCCCN)CC(=O)O)CC5C)c(Cl)c4)n3C)c(F)c2F)c1C.O=C[O-].